The van der Waals surface area contributed by atoms with E-state index in [-0.39, 0.29) is 36.6 Å². The van der Waals surface area contributed by atoms with E-state index in [0.717, 1.165) is 24.0 Å². The van der Waals surface area contributed by atoms with E-state index in [4.69, 9.17) is 4.74 Å². The topological polar surface area (TPSA) is 121 Å². The van der Waals surface area contributed by atoms with Crippen molar-refractivity contribution in [3.05, 3.63) is 23.3 Å². The van der Waals surface area contributed by atoms with Crippen molar-refractivity contribution in [1.82, 2.24) is 0 Å². The molecule has 3 saturated carbocycles. The van der Waals surface area contributed by atoms with Gasteiger partial charge < -0.3 is 24.5 Å². The fraction of sp³-hybridized carbons (Fsp3) is 0.759. The number of allylic oxidation sites excluding steroid dienone is 4. The molecule has 0 aromatic rings. The van der Waals surface area contributed by atoms with E-state index < -0.39 is 40.4 Å². The van der Waals surface area contributed by atoms with Gasteiger partial charge in [-0.15, -0.1) is 0 Å². The number of quaternary nitrogens is 1. The van der Waals surface area contributed by atoms with Crippen LogP contribution in [0.3, 0.4) is 0 Å². The second kappa shape index (κ2) is 9.40. The number of ether oxygens (including phenoxy) is 1. The number of carboxylic acid groups (broad SMARTS) is 1. The number of ketones is 2. The number of carboxylic acids is 1. The van der Waals surface area contributed by atoms with E-state index in [2.05, 4.69) is 6.92 Å². The lowest BCUT2D eigenvalue weighted by molar-refractivity contribution is -0.873. The summed E-state index contributed by atoms with van der Waals surface area (Å²) < 4.78 is 6.31. The molecule has 0 spiro atoms. The van der Waals surface area contributed by atoms with Crippen LogP contribution in [0.2, 0.25) is 0 Å². The minimum absolute atomic E-state index is 0.00543. The van der Waals surface area contributed by atoms with Gasteiger partial charge in [-0.05, 0) is 63.0 Å². The number of carbonyl (C=O) groups excluding carboxylic acids is 2. The number of aliphatic carboxylic acids is 1. The number of aliphatic hydroxyl groups is 2. The van der Waals surface area contributed by atoms with Crippen molar-refractivity contribution < 1.29 is 38.9 Å². The molecule has 4 aliphatic rings. The van der Waals surface area contributed by atoms with Gasteiger partial charge in [0.2, 0.25) is 0 Å². The van der Waals surface area contributed by atoms with Crippen molar-refractivity contribution in [3.8, 4) is 0 Å². The number of nitrogens with zero attached hydrogens (tertiary/aromatic N) is 1. The van der Waals surface area contributed by atoms with Gasteiger partial charge in [0.25, 0.3) is 0 Å². The molecule has 0 heterocycles. The van der Waals surface area contributed by atoms with Crippen LogP contribution < -0.4 is 0 Å². The van der Waals surface area contributed by atoms with E-state index in [0.29, 0.717) is 30.3 Å². The summed E-state index contributed by atoms with van der Waals surface area (Å²) in [5, 5.41) is 32.8. The Balaban J connectivity index is 1.56. The van der Waals surface area contributed by atoms with Crippen molar-refractivity contribution >= 4 is 17.5 Å². The lowest BCUT2D eigenvalue weighted by Gasteiger charge is -2.60. The molecule has 0 aliphatic heterocycles. The zero-order valence-corrected chi connectivity index (χ0v) is 23.1. The number of likely N-dealkylation sites (N-methyl/N-ethyl adjacent to an activating group) is 1. The number of aliphatic hydroxyl groups excluding tert-OH is 1. The molecule has 0 aromatic carbocycles. The fourth-order valence-corrected chi connectivity index (χ4v) is 8.44. The van der Waals surface area contributed by atoms with Crippen LogP contribution in [0, 0.1) is 28.6 Å². The first-order chi connectivity index (χ1) is 17.0. The van der Waals surface area contributed by atoms with Gasteiger partial charge in [-0.2, -0.15) is 0 Å². The summed E-state index contributed by atoms with van der Waals surface area (Å²) in [7, 11) is 5.79. The van der Waals surface area contributed by atoms with Gasteiger partial charge in [0, 0.05) is 16.7 Å². The van der Waals surface area contributed by atoms with E-state index in [1.807, 2.05) is 35.0 Å². The molecule has 8 nitrogen and oxygen atoms in total. The summed E-state index contributed by atoms with van der Waals surface area (Å²) in [6.07, 6.45) is 4.69. The Kier molecular flexibility index (Phi) is 7.15. The molecule has 0 aromatic heterocycles. The second-order valence-electron chi connectivity index (χ2n) is 13.5. The molecule has 0 bridgehead atoms. The van der Waals surface area contributed by atoms with Crippen molar-refractivity contribution in [3.63, 3.8) is 0 Å². The van der Waals surface area contributed by atoms with Crippen molar-refractivity contribution in [1.29, 1.82) is 0 Å². The molecule has 0 amide bonds. The molecule has 2 unspecified atom stereocenters. The first kappa shape index (κ1) is 28.1. The Hall–Kier alpha value is -1.87. The molecule has 4 aliphatic carbocycles. The molecule has 8 atom stereocenters. The van der Waals surface area contributed by atoms with Crippen LogP contribution in [0.5, 0.6) is 0 Å². The molecule has 3 N–H and O–H groups in total. The Labute approximate surface area is 220 Å². The van der Waals surface area contributed by atoms with E-state index in [1.54, 1.807) is 12.2 Å². The second-order valence-corrected chi connectivity index (χ2v) is 13.5. The highest BCUT2D eigenvalue weighted by Gasteiger charge is 2.68. The molecule has 3 fully saturated rings. The van der Waals surface area contributed by atoms with Gasteiger partial charge in [-0.3, -0.25) is 14.4 Å². The Morgan fingerprint density at radius 1 is 1.19 bits per heavy atom. The predicted octanol–water partition coefficient (Wildman–Crippen LogP) is 2.52. The minimum Gasteiger partial charge on any atom is -0.481 e. The van der Waals surface area contributed by atoms with Gasteiger partial charge in [-0.25, -0.2) is 0 Å². The molecular formula is C29H44NO7+. The third kappa shape index (κ3) is 4.64. The van der Waals surface area contributed by atoms with Crippen LogP contribution >= 0.6 is 0 Å². The summed E-state index contributed by atoms with van der Waals surface area (Å²) in [6.45, 7) is 6.11. The molecule has 37 heavy (non-hydrogen) atoms. The number of hydrogen-bond donors (Lipinski definition) is 3. The molecule has 0 saturated heterocycles. The Morgan fingerprint density at radius 2 is 1.86 bits per heavy atom. The summed E-state index contributed by atoms with van der Waals surface area (Å²) in [5.41, 5.74) is -0.789. The van der Waals surface area contributed by atoms with Crippen molar-refractivity contribution in [2.75, 3.05) is 34.3 Å². The maximum atomic E-state index is 13.6. The number of Topliss-reactive ketones (excluding diaryl/α,β-unsaturated/α-hetero) is 1. The Bertz CT molecular complexity index is 1040. The van der Waals surface area contributed by atoms with Crippen LogP contribution in [0.25, 0.3) is 0 Å². The molecule has 206 valence electrons. The van der Waals surface area contributed by atoms with E-state index in [9.17, 15) is 29.7 Å². The first-order valence-corrected chi connectivity index (χ1v) is 13.5. The zero-order chi connectivity index (χ0) is 27.6. The highest BCUT2D eigenvalue weighted by molar-refractivity contribution is 6.02. The lowest BCUT2D eigenvalue weighted by Crippen LogP contribution is -2.62. The quantitative estimate of drug-likeness (QED) is 0.422. The predicted molar refractivity (Wildman–Crippen MR) is 137 cm³/mol. The standard InChI is InChI=1S/C29H43NO7/c1-17-11-19(31)12-18-7-8-21-22-9-10-29(36,27(22,2)14-23(32)26(21)28(17,18)3)24(33)16-37-20(13-25(34)35)15-30(4,5)6/h11-12,20-23,26,32,36H,7-10,13-16H2,1-6H3/p+1/t20?,21-,22-,23?,26+,27-,28-,29-/m0/s1. The van der Waals surface area contributed by atoms with Crippen molar-refractivity contribution in [2.45, 2.75) is 77.1 Å². The largest absolute Gasteiger partial charge is 0.481 e. The first-order valence-electron chi connectivity index (χ1n) is 13.5. The number of carbonyl (C=O) groups is 3. The summed E-state index contributed by atoms with van der Waals surface area (Å²) in [5.74, 6) is -1.32. The summed E-state index contributed by atoms with van der Waals surface area (Å²) in [4.78, 5) is 37.1. The van der Waals surface area contributed by atoms with Crippen LogP contribution in [0.4, 0.5) is 0 Å². The van der Waals surface area contributed by atoms with Crippen molar-refractivity contribution in [2.24, 2.45) is 28.6 Å². The third-order valence-corrected chi connectivity index (χ3v) is 10.2. The average molecular weight is 519 g/mol. The average Bonchev–Trinajstić information content (AvgIpc) is 3.02. The molecule has 4 rings (SSSR count). The minimum atomic E-state index is -1.64. The van der Waals surface area contributed by atoms with Gasteiger partial charge in [0.1, 0.15) is 24.9 Å². The molecule has 8 heteroatoms. The maximum absolute atomic E-state index is 13.6. The monoisotopic (exact) mass is 518 g/mol. The highest BCUT2D eigenvalue weighted by Crippen LogP contribution is 2.68. The van der Waals surface area contributed by atoms with Gasteiger partial charge in [-0.1, -0.05) is 25.0 Å². The number of fused-ring (bicyclic) bond motifs is 5. The fourth-order valence-electron chi connectivity index (χ4n) is 8.44. The smallest absolute Gasteiger partial charge is 0.306 e. The van der Waals surface area contributed by atoms with Gasteiger partial charge in [0.05, 0.1) is 33.7 Å². The highest BCUT2D eigenvalue weighted by atomic mass is 16.5. The molecule has 0 radical (unpaired) electrons. The van der Waals surface area contributed by atoms with Gasteiger partial charge in [0.15, 0.2) is 11.6 Å². The van der Waals surface area contributed by atoms with E-state index >= 15 is 0 Å². The zero-order valence-electron chi connectivity index (χ0n) is 23.1. The maximum Gasteiger partial charge on any atom is 0.306 e. The SMILES string of the molecule is CC1=CC(=O)C=C2CC[C@@H]3[C@H](C(O)C[C@@]4(C)[C@H]3CC[C@]4(O)C(=O)COC(CC(=O)O)C[N+](C)(C)C)[C@@]12C. The number of hydrogen-bond acceptors (Lipinski definition) is 6. The normalized spacial score (nSPS) is 40.2. The van der Waals surface area contributed by atoms with E-state index in [1.165, 1.54) is 0 Å². The summed E-state index contributed by atoms with van der Waals surface area (Å²) in [6, 6.07) is 0. The lowest BCUT2D eigenvalue weighted by atomic mass is 9.45. The Morgan fingerprint density at radius 3 is 2.49 bits per heavy atom. The van der Waals surface area contributed by atoms with Crippen LogP contribution in [0.15, 0.2) is 23.3 Å². The van der Waals surface area contributed by atoms with Crippen LogP contribution in [-0.2, 0) is 19.1 Å². The number of rotatable bonds is 8. The van der Waals surface area contributed by atoms with Gasteiger partial charge >= 0.3 is 5.97 Å². The third-order valence-electron chi connectivity index (χ3n) is 10.2. The summed E-state index contributed by atoms with van der Waals surface area (Å²) >= 11 is 0. The molecular weight excluding hydrogens is 474 g/mol. The van der Waals surface area contributed by atoms with Crippen LogP contribution in [0.1, 0.15) is 59.3 Å². The van der Waals surface area contributed by atoms with Crippen LogP contribution in [-0.4, -0.2) is 89.4 Å².